The molecule has 3 N–H and O–H groups in total. The van der Waals surface area contributed by atoms with E-state index in [0.29, 0.717) is 19.3 Å². The molecule has 0 heterocycles. The summed E-state index contributed by atoms with van der Waals surface area (Å²) < 4.78 is 39.7. The van der Waals surface area contributed by atoms with Gasteiger partial charge in [-0.2, -0.15) is 13.2 Å². The molecule has 1 aromatic carbocycles. The van der Waals surface area contributed by atoms with E-state index in [1.54, 1.807) is 0 Å². The summed E-state index contributed by atoms with van der Waals surface area (Å²) in [6, 6.07) is 7.45. The van der Waals surface area contributed by atoms with Gasteiger partial charge in [0.2, 0.25) is 0 Å². The molecule has 118 valence electrons. The number of nitrogens with two attached hydrogens (primary N) is 1. The fourth-order valence-corrected chi connectivity index (χ4v) is 3.46. The van der Waals surface area contributed by atoms with E-state index < -0.39 is 18.0 Å². The van der Waals surface area contributed by atoms with Gasteiger partial charge >= 0.3 is 6.18 Å². The molecular formula is C16H23F3N2. The molecule has 0 aliphatic heterocycles. The van der Waals surface area contributed by atoms with E-state index in [4.69, 9.17) is 5.84 Å². The SMILES string of the molecule is Cc1ccccc1CC(NN)C1CCCCC1C(F)(F)F. The number of halogens is 3. The molecule has 0 amide bonds. The number of hydrazine groups is 1. The lowest BCUT2D eigenvalue weighted by Gasteiger charge is -2.38. The summed E-state index contributed by atoms with van der Waals surface area (Å²) >= 11 is 0. The molecule has 3 atom stereocenters. The third-order valence-electron chi connectivity index (χ3n) is 4.67. The Bertz CT molecular complexity index is 459. The lowest BCUT2D eigenvalue weighted by atomic mass is 9.73. The van der Waals surface area contributed by atoms with Gasteiger partial charge in [0.25, 0.3) is 0 Å². The minimum absolute atomic E-state index is 0.222. The van der Waals surface area contributed by atoms with Crippen LogP contribution in [0.15, 0.2) is 24.3 Å². The predicted molar refractivity (Wildman–Crippen MR) is 77.5 cm³/mol. The van der Waals surface area contributed by atoms with E-state index in [9.17, 15) is 13.2 Å². The first kappa shape index (κ1) is 16.3. The zero-order valence-electron chi connectivity index (χ0n) is 12.3. The Kier molecular flexibility index (Phi) is 5.27. The molecule has 0 aromatic heterocycles. The van der Waals surface area contributed by atoms with Crippen molar-refractivity contribution in [3.8, 4) is 0 Å². The second-order valence-electron chi connectivity index (χ2n) is 6.00. The number of alkyl halides is 3. The van der Waals surface area contributed by atoms with Gasteiger partial charge in [-0.25, -0.2) is 0 Å². The molecule has 0 spiro atoms. The number of rotatable bonds is 4. The molecule has 0 bridgehead atoms. The van der Waals surface area contributed by atoms with Crippen LogP contribution in [0.4, 0.5) is 13.2 Å². The van der Waals surface area contributed by atoms with Crippen molar-refractivity contribution in [2.45, 2.75) is 51.2 Å². The molecule has 1 saturated carbocycles. The Morgan fingerprint density at radius 2 is 1.90 bits per heavy atom. The van der Waals surface area contributed by atoms with Crippen LogP contribution in [0.2, 0.25) is 0 Å². The van der Waals surface area contributed by atoms with E-state index >= 15 is 0 Å². The van der Waals surface area contributed by atoms with Crippen molar-refractivity contribution in [1.82, 2.24) is 5.43 Å². The van der Waals surface area contributed by atoms with Crippen LogP contribution in [0.1, 0.15) is 36.8 Å². The number of aryl methyl sites for hydroxylation is 1. The van der Waals surface area contributed by atoms with Crippen molar-refractivity contribution in [3.63, 3.8) is 0 Å². The smallest absolute Gasteiger partial charge is 0.271 e. The van der Waals surface area contributed by atoms with Crippen molar-refractivity contribution in [3.05, 3.63) is 35.4 Å². The van der Waals surface area contributed by atoms with Gasteiger partial charge in [-0.1, -0.05) is 37.1 Å². The summed E-state index contributed by atoms with van der Waals surface area (Å²) in [7, 11) is 0. The number of hydrogen-bond acceptors (Lipinski definition) is 2. The maximum absolute atomic E-state index is 13.2. The fourth-order valence-electron chi connectivity index (χ4n) is 3.46. The van der Waals surface area contributed by atoms with E-state index in [0.717, 1.165) is 17.5 Å². The number of hydrogen-bond donors (Lipinski definition) is 2. The molecule has 0 radical (unpaired) electrons. The van der Waals surface area contributed by atoms with E-state index in [2.05, 4.69) is 5.43 Å². The molecule has 2 nitrogen and oxygen atoms in total. The maximum Gasteiger partial charge on any atom is 0.392 e. The third kappa shape index (κ3) is 3.98. The van der Waals surface area contributed by atoms with Gasteiger partial charge in [0.15, 0.2) is 0 Å². The number of benzene rings is 1. The second-order valence-corrected chi connectivity index (χ2v) is 6.00. The summed E-state index contributed by atoms with van der Waals surface area (Å²) in [6.45, 7) is 1.98. The predicted octanol–water partition coefficient (Wildman–Crippen LogP) is 3.74. The van der Waals surface area contributed by atoms with Crippen LogP contribution < -0.4 is 11.3 Å². The summed E-state index contributed by atoms with van der Waals surface area (Å²) in [4.78, 5) is 0. The second kappa shape index (κ2) is 6.79. The van der Waals surface area contributed by atoms with Gasteiger partial charge in [-0.3, -0.25) is 11.3 Å². The molecule has 21 heavy (non-hydrogen) atoms. The molecule has 1 aromatic rings. The van der Waals surface area contributed by atoms with Crippen LogP contribution in [0.5, 0.6) is 0 Å². The van der Waals surface area contributed by atoms with Crippen molar-refractivity contribution in [1.29, 1.82) is 0 Å². The number of nitrogens with one attached hydrogen (secondary N) is 1. The van der Waals surface area contributed by atoms with Gasteiger partial charge in [0, 0.05) is 6.04 Å². The van der Waals surface area contributed by atoms with Gasteiger partial charge in [0.1, 0.15) is 0 Å². The Morgan fingerprint density at radius 3 is 2.52 bits per heavy atom. The quantitative estimate of drug-likeness (QED) is 0.656. The van der Waals surface area contributed by atoms with E-state index in [1.165, 1.54) is 0 Å². The summed E-state index contributed by atoms with van der Waals surface area (Å²) in [5, 5.41) is 0. The average Bonchev–Trinajstić information content (AvgIpc) is 2.45. The van der Waals surface area contributed by atoms with Crippen molar-refractivity contribution in [2.75, 3.05) is 0 Å². The molecule has 2 rings (SSSR count). The molecule has 3 unspecified atom stereocenters. The molecule has 1 aliphatic rings. The normalized spacial score (nSPS) is 24.8. The molecular weight excluding hydrogens is 277 g/mol. The largest absolute Gasteiger partial charge is 0.392 e. The lowest BCUT2D eigenvalue weighted by Crippen LogP contribution is -2.49. The zero-order chi connectivity index (χ0) is 15.5. The van der Waals surface area contributed by atoms with Crippen LogP contribution in [-0.2, 0) is 6.42 Å². The van der Waals surface area contributed by atoms with Crippen molar-refractivity contribution < 1.29 is 13.2 Å². The average molecular weight is 300 g/mol. The zero-order valence-corrected chi connectivity index (χ0v) is 12.3. The monoisotopic (exact) mass is 300 g/mol. The first-order chi connectivity index (χ1) is 9.93. The van der Waals surface area contributed by atoms with Crippen molar-refractivity contribution >= 4 is 0 Å². The van der Waals surface area contributed by atoms with Crippen LogP contribution in [-0.4, -0.2) is 12.2 Å². The first-order valence-corrected chi connectivity index (χ1v) is 7.51. The van der Waals surface area contributed by atoms with Crippen LogP contribution in [0, 0.1) is 18.8 Å². The van der Waals surface area contributed by atoms with Crippen molar-refractivity contribution in [2.24, 2.45) is 17.7 Å². The molecule has 5 heteroatoms. The van der Waals surface area contributed by atoms with Gasteiger partial charge in [-0.15, -0.1) is 0 Å². The highest BCUT2D eigenvalue weighted by Gasteiger charge is 2.47. The summed E-state index contributed by atoms with van der Waals surface area (Å²) in [6.07, 6.45) is -1.27. The highest BCUT2D eigenvalue weighted by Crippen LogP contribution is 2.43. The minimum atomic E-state index is -4.13. The Hall–Kier alpha value is -1.07. The molecule has 1 fully saturated rings. The van der Waals surface area contributed by atoms with Gasteiger partial charge in [-0.05, 0) is 43.2 Å². The van der Waals surface area contributed by atoms with Gasteiger partial charge < -0.3 is 0 Å². The first-order valence-electron chi connectivity index (χ1n) is 7.51. The fraction of sp³-hybridized carbons (Fsp3) is 0.625. The highest BCUT2D eigenvalue weighted by molar-refractivity contribution is 5.26. The van der Waals surface area contributed by atoms with Crippen LogP contribution >= 0.6 is 0 Å². The van der Waals surface area contributed by atoms with Gasteiger partial charge in [0.05, 0.1) is 5.92 Å². The molecule has 0 saturated heterocycles. The topological polar surface area (TPSA) is 38.0 Å². The van der Waals surface area contributed by atoms with Crippen LogP contribution in [0.3, 0.4) is 0 Å². The Balaban J connectivity index is 2.17. The summed E-state index contributed by atoms with van der Waals surface area (Å²) in [5.74, 6) is 3.91. The lowest BCUT2D eigenvalue weighted by molar-refractivity contribution is -0.199. The maximum atomic E-state index is 13.2. The molecule has 1 aliphatic carbocycles. The summed E-state index contributed by atoms with van der Waals surface area (Å²) in [5.41, 5.74) is 4.81. The minimum Gasteiger partial charge on any atom is -0.271 e. The Morgan fingerprint density at radius 1 is 1.24 bits per heavy atom. The Labute approximate surface area is 123 Å². The van der Waals surface area contributed by atoms with E-state index in [-0.39, 0.29) is 12.5 Å². The van der Waals surface area contributed by atoms with Crippen LogP contribution in [0.25, 0.3) is 0 Å². The highest BCUT2D eigenvalue weighted by atomic mass is 19.4. The third-order valence-corrected chi connectivity index (χ3v) is 4.67. The van der Waals surface area contributed by atoms with E-state index in [1.807, 2.05) is 31.2 Å². The standard InChI is InChI=1S/C16H23F3N2/c1-11-6-2-3-7-12(11)10-15(21-20)13-8-4-5-9-14(13)16(17,18)19/h2-3,6-7,13-15,21H,4-5,8-10,20H2,1H3.